The molecule has 0 bridgehead atoms. The third kappa shape index (κ3) is 4.80. The lowest BCUT2D eigenvalue weighted by atomic mass is 9.87. The van der Waals surface area contributed by atoms with Gasteiger partial charge >= 0.3 is 0 Å². The summed E-state index contributed by atoms with van der Waals surface area (Å²) in [6.45, 7) is 3.56. The summed E-state index contributed by atoms with van der Waals surface area (Å²) in [7, 11) is 0. The third-order valence-corrected chi connectivity index (χ3v) is 5.31. The molecule has 3 rings (SSSR count). The van der Waals surface area contributed by atoms with E-state index in [9.17, 15) is 9.59 Å². The first kappa shape index (κ1) is 17.9. The van der Waals surface area contributed by atoms with E-state index in [2.05, 4.69) is 15.5 Å². The second-order valence-corrected chi connectivity index (χ2v) is 7.21. The average molecular weight is 348 g/mol. The quantitative estimate of drug-likeness (QED) is 0.850. The van der Waals surface area contributed by atoms with Crippen LogP contribution in [-0.4, -0.2) is 39.9 Å². The van der Waals surface area contributed by atoms with Gasteiger partial charge in [0.25, 0.3) is 0 Å². The number of hydrogen-bond donors (Lipinski definition) is 1. The van der Waals surface area contributed by atoms with Crippen molar-refractivity contribution < 1.29 is 14.1 Å². The van der Waals surface area contributed by atoms with Crippen LogP contribution in [0.3, 0.4) is 0 Å². The molecule has 7 heteroatoms. The number of carbonyl (C=O) groups is 2. The van der Waals surface area contributed by atoms with Crippen LogP contribution < -0.4 is 5.32 Å². The minimum atomic E-state index is -0.140. The van der Waals surface area contributed by atoms with E-state index in [1.54, 1.807) is 0 Å². The topological polar surface area (TPSA) is 88.3 Å². The van der Waals surface area contributed by atoms with Crippen LogP contribution in [0.15, 0.2) is 4.52 Å². The predicted octanol–water partition coefficient (Wildman–Crippen LogP) is 2.07. The van der Waals surface area contributed by atoms with Gasteiger partial charge in [-0.1, -0.05) is 31.3 Å². The van der Waals surface area contributed by atoms with E-state index >= 15 is 0 Å². The van der Waals surface area contributed by atoms with Crippen LogP contribution in [-0.2, 0) is 22.6 Å². The summed E-state index contributed by atoms with van der Waals surface area (Å²) >= 11 is 0. The monoisotopic (exact) mass is 348 g/mol. The Morgan fingerprint density at radius 1 is 1.28 bits per heavy atom. The molecule has 1 aromatic heterocycles. The molecule has 2 aliphatic rings. The standard InChI is InChI=1S/C18H28N4O3/c1-2-16-20-15(21-25-16)10-19-18(24)14-8-9-17(23)22(12-14)11-13-6-4-3-5-7-13/h13-14H,2-12H2,1H3,(H,19,24). The number of hydrogen-bond acceptors (Lipinski definition) is 5. The zero-order chi connectivity index (χ0) is 17.6. The van der Waals surface area contributed by atoms with Crippen molar-refractivity contribution in [2.45, 2.75) is 64.8 Å². The van der Waals surface area contributed by atoms with Crippen molar-refractivity contribution in [3.05, 3.63) is 11.7 Å². The fourth-order valence-corrected chi connectivity index (χ4v) is 3.80. The van der Waals surface area contributed by atoms with E-state index in [0.29, 0.717) is 43.4 Å². The van der Waals surface area contributed by atoms with E-state index in [1.165, 1.54) is 32.1 Å². The molecule has 7 nitrogen and oxygen atoms in total. The second kappa shape index (κ2) is 8.45. The zero-order valence-corrected chi connectivity index (χ0v) is 15.0. The van der Waals surface area contributed by atoms with Crippen LogP contribution in [0, 0.1) is 11.8 Å². The Kier molecular flexibility index (Phi) is 6.04. The molecular formula is C18H28N4O3. The van der Waals surface area contributed by atoms with Gasteiger partial charge in [-0.05, 0) is 25.2 Å². The Balaban J connectivity index is 1.49. The first-order chi connectivity index (χ1) is 12.2. The van der Waals surface area contributed by atoms with Crippen molar-refractivity contribution in [3.63, 3.8) is 0 Å². The van der Waals surface area contributed by atoms with Crippen molar-refractivity contribution in [1.82, 2.24) is 20.4 Å². The average Bonchev–Trinajstić information content (AvgIpc) is 3.10. The van der Waals surface area contributed by atoms with E-state index in [1.807, 2.05) is 11.8 Å². The molecule has 1 unspecified atom stereocenters. The maximum Gasteiger partial charge on any atom is 0.226 e. The SMILES string of the molecule is CCc1nc(CNC(=O)C2CCC(=O)N(CC3CCCCC3)C2)no1. The van der Waals surface area contributed by atoms with Crippen LogP contribution in [0.2, 0.25) is 0 Å². The molecular weight excluding hydrogens is 320 g/mol. The summed E-state index contributed by atoms with van der Waals surface area (Å²) in [6, 6.07) is 0. The van der Waals surface area contributed by atoms with Crippen LogP contribution >= 0.6 is 0 Å². The minimum Gasteiger partial charge on any atom is -0.348 e. The van der Waals surface area contributed by atoms with Crippen molar-refractivity contribution in [3.8, 4) is 0 Å². The van der Waals surface area contributed by atoms with Gasteiger partial charge < -0.3 is 14.7 Å². The Hall–Kier alpha value is -1.92. The number of piperidine rings is 1. The van der Waals surface area contributed by atoms with Gasteiger partial charge in [-0.25, -0.2) is 0 Å². The molecule has 2 amide bonds. The fourth-order valence-electron chi connectivity index (χ4n) is 3.80. The van der Waals surface area contributed by atoms with E-state index < -0.39 is 0 Å². The maximum atomic E-state index is 12.5. The molecule has 1 aliphatic carbocycles. The number of rotatable bonds is 6. The van der Waals surface area contributed by atoms with Crippen LogP contribution in [0.1, 0.15) is 63.6 Å². The minimum absolute atomic E-state index is 0.0241. The molecule has 1 saturated heterocycles. The van der Waals surface area contributed by atoms with Gasteiger partial charge in [-0.3, -0.25) is 9.59 Å². The number of nitrogens with one attached hydrogen (secondary N) is 1. The molecule has 0 spiro atoms. The van der Waals surface area contributed by atoms with Crippen molar-refractivity contribution in [2.24, 2.45) is 11.8 Å². The summed E-state index contributed by atoms with van der Waals surface area (Å²) in [5.41, 5.74) is 0. The molecule has 25 heavy (non-hydrogen) atoms. The van der Waals surface area contributed by atoms with Crippen molar-refractivity contribution in [2.75, 3.05) is 13.1 Å². The lowest BCUT2D eigenvalue weighted by molar-refractivity contribution is -0.139. The van der Waals surface area contributed by atoms with Crippen molar-refractivity contribution in [1.29, 1.82) is 0 Å². The summed E-state index contributed by atoms with van der Waals surface area (Å²) in [4.78, 5) is 30.8. The Morgan fingerprint density at radius 2 is 2.08 bits per heavy atom. The van der Waals surface area contributed by atoms with Crippen molar-refractivity contribution >= 4 is 11.8 Å². The van der Waals surface area contributed by atoms with Gasteiger partial charge in [0.2, 0.25) is 17.7 Å². The van der Waals surface area contributed by atoms with Crippen LogP contribution in [0.25, 0.3) is 0 Å². The van der Waals surface area contributed by atoms with E-state index in [0.717, 1.165) is 6.54 Å². The molecule has 1 aromatic rings. The van der Waals surface area contributed by atoms with Gasteiger partial charge in [0.1, 0.15) is 0 Å². The van der Waals surface area contributed by atoms with Gasteiger partial charge in [0.15, 0.2) is 5.82 Å². The first-order valence-corrected chi connectivity index (χ1v) is 9.52. The lowest BCUT2D eigenvalue weighted by Gasteiger charge is -2.35. The molecule has 2 fully saturated rings. The normalized spacial score (nSPS) is 22.2. The third-order valence-electron chi connectivity index (χ3n) is 5.31. The highest BCUT2D eigenvalue weighted by Gasteiger charge is 2.31. The Morgan fingerprint density at radius 3 is 2.80 bits per heavy atom. The Bertz CT molecular complexity index is 595. The van der Waals surface area contributed by atoms with Gasteiger partial charge in [-0.2, -0.15) is 4.98 Å². The number of carbonyl (C=O) groups excluding carboxylic acids is 2. The fraction of sp³-hybridized carbons (Fsp3) is 0.778. The summed E-state index contributed by atoms with van der Waals surface area (Å²) in [5, 5.41) is 6.73. The number of likely N-dealkylation sites (tertiary alicyclic amines) is 1. The number of amides is 2. The smallest absolute Gasteiger partial charge is 0.226 e. The molecule has 0 radical (unpaired) electrons. The van der Waals surface area contributed by atoms with Gasteiger partial charge in [0, 0.05) is 25.9 Å². The van der Waals surface area contributed by atoms with Gasteiger partial charge in [-0.15, -0.1) is 0 Å². The highest BCUT2D eigenvalue weighted by molar-refractivity contribution is 5.83. The maximum absolute atomic E-state index is 12.5. The number of aromatic nitrogens is 2. The van der Waals surface area contributed by atoms with Gasteiger partial charge in [0.05, 0.1) is 12.5 Å². The molecule has 1 N–H and O–H groups in total. The number of aryl methyl sites for hydroxylation is 1. The molecule has 138 valence electrons. The van der Waals surface area contributed by atoms with Crippen LogP contribution in [0.4, 0.5) is 0 Å². The first-order valence-electron chi connectivity index (χ1n) is 9.52. The summed E-state index contributed by atoms with van der Waals surface area (Å²) in [5.74, 6) is 1.71. The summed E-state index contributed by atoms with van der Waals surface area (Å²) in [6.07, 6.45) is 8.02. The molecule has 1 saturated carbocycles. The second-order valence-electron chi connectivity index (χ2n) is 7.21. The largest absolute Gasteiger partial charge is 0.348 e. The molecule has 0 aromatic carbocycles. The summed E-state index contributed by atoms with van der Waals surface area (Å²) < 4.78 is 5.04. The van der Waals surface area contributed by atoms with E-state index in [4.69, 9.17) is 4.52 Å². The zero-order valence-electron chi connectivity index (χ0n) is 15.0. The van der Waals surface area contributed by atoms with E-state index in [-0.39, 0.29) is 24.3 Å². The molecule has 1 aliphatic heterocycles. The number of nitrogens with zero attached hydrogens (tertiary/aromatic N) is 3. The highest BCUT2D eigenvalue weighted by Crippen LogP contribution is 2.27. The predicted molar refractivity (Wildman–Crippen MR) is 91.4 cm³/mol. The van der Waals surface area contributed by atoms with Crippen LogP contribution in [0.5, 0.6) is 0 Å². The molecule has 2 heterocycles. The highest BCUT2D eigenvalue weighted by atomic mass is 16.5. The molecule has 1 atom stereocenters. The lowest BCUT2D eigenvalue weighted by Crippen LogP contribution is -2.47. The Labute approximate surface area is 148 Å².